The Hall–Kier alpha value is -1.17. The first-order valence-electron chi connectivity index (χ1n) is 4.40. The highest BCUT2D eigenvalue weighted by Crippen LogP contribution is 2.12. The van der Waals surface area contributed by atoms with E-state index in [2.05, 4.69) is 10.2 Å². The standard InChI is InChI=1S/C8H11N3O2S/c12-14(13)6-4-11(5-7-14)8-2-1-3-9-10-8/h1-3H,4-7H2. The van der Waals surface area contributed by atoms with E-state index in [9.17, 15) is 8.42 Å². The van der Waals surface area contributed by atoms with Gasteiger partial charge in [-0.05, 0) is 12.1 Å². The Labute approximate surface area is 82.7 Å². The molecule has 0 atom stereocenters. The lowest BCUT2D eigenvalue weighted by Gasteiger charge is -2.26. The number of rotatable bonds is 1. The summed E-state index contributed by atoms with van der Waals surface area (Å²) in [4.78, 5) is 1.94. The van der Waals surface area contributed by atoms with Crippen LogP contribution in [0.1, 0.15) is 0 Å². The van der Waals surface area contributed by atoms with E-state index in [4.69, 9.17) is 0 Å². The van der Waals surface area contributed by atoms with Crippen LogP contribution in [0.3, 0.4) is 0 Å². The van der Waals surface area contributed by atoms with E-state index in [-0.39, 0.29) is 11.5 Å². The molecule has 5 nitrogen and oxygen atoms in total. The Kier molecular flexibility index (Phi) is 2.37. The molecule has 14 heavy (non-hydrogen) atoms. The number of sulfone groups is 1. The third kappa shape index (κ3) is 2.01. The fraction of sp³-hybridized carbons (Fsp3) is 0.500. The smallest absolute Gasteiger partial charge is 0.153 e. The summed E-state index contributed by atoms with van der Waals surface area (Å²) < 4.78 is 22.3. The van der Waals surface area contributed by atoms with Crippen molar-refractivity contribution in [2.45, 2.75) is 0 Å². The molecule has 0 bridgehead atoms. The molecule has 0 unspecified atom stereocenters. The topological polar surface area (TPSA) is 63.2 Å². The molecule has 2 rings (SSSR count). The second-order valence-corrected chi connectivity index (χ2v) is 5.52. The fourth-order valence-electron chi connectivity index (χ4n) is 1.40. The third-order valence-corrected chi connectivity index (χ3v) is 3.84. The number of hydrogen-bond donors (Lipinski definition) is 0. The number of aromatic nitrogens is 2. The molecule has 0 saturated carbocycles. The lowest BCUT2D eigenvalue weighted by Crippen LogP contribution is -2.40. The van der Waals surface area contributed by atoms with Crippen molar-refractivity contribution < 1.29 is 8.42 Å². The molecule has 0 aromatic carbocycles. The van der Waals surface area contributed by atoms with Gasteiger partial charge in [-0.3, -0.25) is 0 Å². The van der Waals surface area contributed by atoms with Crippen LogP contribution in [-0.2, 0) is 9.84 Å². The quantitative estimate of drug-likeness (QED) is 0.641. The van der Waals surface area contributed by atoms with Crippen LogP contribution in [0.5, 0.6) is 0 Å². The van der Waals surface area contributed by atoms with Crippen LogP contribution in [0, 0.1) is 0 Å². The number of nitrogens with zero attached hydrogens (tertiary/aromatic N) is 3. The molecule has 1 aromatic rings. The molecule has 1 aliphatic heterocycles. The lowest BCUT2D eigenvalue weighted by molar-refractivity contribution is 0.586. The van der Waals surface area contributed by atoms with Gasteiger partial charge in [0.15, 0.2) is 15.7 Å². The Balaban J connectivity index is 2.10. The average molecular weight is 213 g/mol. The minimum atomic E-state index is -2.81. The minimum absolute atomic E-state index is 0.212. The van der Waals surface area contributed by atoms with Gasteiger partial charge in [-0.15, -0.1) is 5.10 Å². The van der Waals surface area contributed by atoms with Crippen LogP contribution in [-0.4, -0.2) is 43.2 Å². The second-order valence-electron chi connectivity index (χ2n) is 3.22. The third-order valence-electron chi connectivity index (χ3n) is 2.23. The molecule has 2 heterocycles. The van der Waals surface area contributed by atoms with Crippen LogP contribution in [0.4, 0.5) is 5.82 Å². The summed E-state index contributed by atoms with van der Waals surface area (Å²) in [6, 6.07) is 3.64. The summed E-state index contributed by atoms with van der Waals surface area (Å²) in [5.41, 5.74) is 0. The maximum Gasteiger partial charge on any atom is 0.153 e. The first kappa shape index (κ1) is 9.39. The maximum atomic E-state index is 11.2. The zero-order chi connectivity index (χ0) is 10.0. The van der Waals surface area contributed by atoms with E-state index in [0.29, 0.717) is 13.1 Å². The van der Waals surface area contributed by atoms with E-state index in [1.807, 2.05) is 11.0 Å². The highest BCUT2D eigenvalue weighted by molar-refractivity contribution is 7.91. The Morgan fingerprint density at radius 1 is 1.29 bits per heavy atom. The molecule has 6 heteroatoms. The van der Waals surface area contributed by atoms with Crippen molar-refractivity contribution in [1.29, 1.82) is 0 Å². The van der Waals surface area contributed by atoms with Crippen molar-refractivity contribution in [2.75, 3.05) is 29.5 Å². The van der Waals surface area contributed by atoms with Gasteiger partial charge in [0.05, 0.1) is 11.5 Å². The molecule has 0 amide bonds. The van der Waals surface area contributed by atoms with Gasteiger partial charge in [0.25, 0.3) is 0 Å². The Morgan fingerprint density at radius 3 is 2.57 bits per heavy atom. The molecule has 0 N–H and O–H groups in total. The fourth-order valence-corrected chi connectivity index (χ4v) is 2.60. The van der Waals surface area contributed by atoms with Gasteiger partial charge in [-0.1, -0.05) is 0 Å². The summed E-state index contributed by atoms with van der Waals surface area (Å²) in [5, 5.41) is 7.69. The summed E-state index contributed by atoms with van der Waals surface area (Å²) in [5.74, 6) is 1.18. The first-order chi connectivity index (χ1) is 6.67. The van der Waals surface area contributed by atoms with Crippen molar-refractivity contribution in [3.8, 4) is 0 Å². The van der Waals surface area contributed by atoms with Crippen LogP contribution < -0.4 is 4.90 Å². The second kappa shape index (κ2) is 3.53. The van der Waals surface area contributed by atoms with Gasteiger partial charge < -0.3 is 4.90 Å². The van der Waals surface area contributed by atoms with E-state index >= 15 is 0 Å². The first-order valence-corrected chi connectivity index (χ1v) is 6.23. The van der Waals surface area contributed by atoms with Gasteiger partial charge >= 0.3 is 0 Å². The SMILES string of the molecule is O=S1(=O)CCN(c2cccnn2)CC1. The maximum absolute atomic E-state index is 11.2. The van der Waals surface area contributed by atoms with Gasteiger partial charge in [0, 0.05) is 19.3 Å². The highest BCUT2D eigenvalue weighted by Gasteiger charge is 2.22. The van der Waals surface area contributed by atoms with E-state index in [1.54, 1.807) is 12.3 Å². The summed E-state index contributed by atoms with van der Waals surface area (Å²) in [7, 11) is -2.81. The monoisotopic (exact) mass is 213 g/mol. The molecule has 1 aliphatic rings. The van der Waals surface area contributed by atoms with E-state index in [1.165, 1.54) is 0 Å². The van der Waals surface area contributed by atoms with Gasteiger partial charge in [-0.25, -0.2) is 8.42 Å². The zero-order valence-electron chi connectivity index (χ0n) is 7.63. The molecule has 1 fully saturated rings. The Morgan fingerprint density at radius 2 is 2.00 bits per heavy atom. The van der Waals surface area contributed by atoms with Crippen LogP contribution in [0.25, 0.3) is 0 Å². The van der Waals surface area contributed by atoms with Crippen LogP contribution >= 0.6 is 0 Å². The number of anilines is 1. The largest absolute Gasteiger partial charge is 0.353 e. The van der Waals surface area contributed by atoms with Gasteiger partial charge in [0.1, 0.15) is 0 Å². The predicted molar refractivity (Wildman–Crippen MR) is 52.9 cm³/mol. The number of hydrogen-bond acceptors (Lipinski definition) is 5. The average Bonchev–Trinajstić information content (AvgIpc) is 2.19. The summed E-state index contributed by atoms with van der Waals surface area (Å²) in [6.07, 6.45) is 1.60. The van der Waals surface area contributed by atoms with Gasteiger partial charge in [-0.2, -0.15) is 5.10 Å². The van der Waals surface area contributed by atoms with Gasteiger partial charge in [0.2, 0.25) is 0 Å². The van der Waals surface area contributed by atoms with E-state index < -0.39 is 9.84 Å². The van der Waals surface area contributed by atoms with Crippen molar-refractivity contribution >= 4 is 15.7 Å². The predicted octanol–water partition coefficient (Wildman–Crippen LogP) is -0.289. The van der Waals surface area contributed by atoms with Crippen molar-refractivity contribution in [3.05, 3.63) is 18.3 Å². The van der Waals surface area contributed by atoms with Crippen molar-refractivity contribution in [2.24, 2.45) is 0 Å². The van der Waals surface area contributed by atoms with Crippen molar-refractivity contribution in [3.63, 3.8) is 0 Å². The molecule has 76 valence electrons. The molecule has 1 saturated heterocycles. The lowest BCUT2D eigenvalue weighted by atomic mass is 10.4. The molecule has 0 spiro atoms. The molecular formula is C8H11N3O2S. The molecule has 1 aromatic heterocycles. The minimum Gasteiger partial charge on any atom is -0.353 e. The molecule has 0 radical (unpaired) electrons. The Bertz CT molecular complexity index is 390. The van der Waals surface area contributed by atoms with Crippen LogP contribution in [0.2, 0.25) is 0 Å². The molecular weight excluding hydrogens is 202 g/mol. The normalized spacial score (nSPS) is 20.7. The van der Waals surface area contributed by atoms with E-state index in [0.717, 1.165) is 5.82 Å². The van der Waals surface area contributed by atoms with Crippen LogP contribution in [0.15, 0.2) is 18.3 Å². The zero-order valence-corrected chi connectivity index (χ0v) is 8.44. The summed E-state index contributed by atoms with van der Waals surface area (Å²) in [6.45, 7) is 1.03. The highest BCUT2D eigenvalue weighted by atomic mass is 32.2. The van der Waals surface area contributed by atoms with Crippen molar-refractivity contribution in [1.82, 2.24) is 10.2 Å². The summed E-state index contributed by atoms with van der Waals surface area (Å²) >= 11 is 0. The molecule has 0 aliphatic carbocycles.